The second-order valence-corrected chi connectivity index (χ2v) is 4.57. The number of rotatable bonds is 8. The van der Waals surface area contributed by atoms with Gasteiger partial charge in [-0.1, -0.05) is 0 Å². The zero-order valence-electron chi connectivity index (χ0n) is 9.50. The van der Waals surface area contributed by atoms with Gasteiger partial charge in [-0.15, -0.1) is 0 Å². The standard InChI is InChI=1S/C10H15N3O3S/c1-8-11-2-3-13(8)4-5-17-6-9(10(15)16)12-7-14/h2-3,7,9H,4-6H2,1H3,(H,12,14)(H,15,16). The Bertz CT molecular complexity index is 381. The van der Waals surface area contributed by atoms with Crippen molar-refractivity contribution in [2.24, 2.45) is 0 Å². The van der Waals surface area contributed by atoms with Gasteiger partial charge in [0.25, 0.3) is 0 Å². The van der Waals surface area contributed by atoms with Crippen molar-refractivity contribution < 1.29 is 14.7 Å². The second-order valence-electron chi connectivity index (χ2n) is 3.42. The van der Waals surface area contributed by atoms with E-state index < -0.39 is 12.0 Å². The molecule has 1 heterocycles. The Morgan fingerprint density at radius 1 is 1.76 bits per heavy atom. The smallest absolute Gasteiger partial charge is 0.327 e. The molecule has 2 N–H and O–H groups in total. The number of aromatic nitrogens is 2. The number of hydrogen-bond donors (Lipinski definition) is 2. The average Bonchev–Trinajstić information content (AvgIpc) is 2.68. The molecule has 94 valence electrons. The molecule has 0 saturated heterocycles. The highest BCUT2D eigenvalue weighted by Gasteiger charge is 2.15. The number of carbonyl (C=O) groups is 2. The minimum atomic E-state index is -1.01. The molecule has 1 amide bonds. The summed E-state index contributed by atoms with van der Waals surface area (Å²) in [6.07, 6.45) is 4.03. The van der Waals surface area contributed by atoms with Crippen LogP contribution >= 0.6 is 11.8 Å². The van der Waals surface area contributed by atoms with Crippen LogP contribution < -0.4 is 5.32 Å². The number of nitrogens with zero attached hydrogens (tertiary/aromatic N) is 2. The van der Waals surface area contributed by atoms with Crippen LogP contribution in [0, 0.1) is 6.92 Å². The molecular weight excluding hydrogens is 242 g/mol. The maximum atomic E-state index is 10.7. The lowest BCUT2D eigenvalue weighted by Crippen LogP contribution is -2.38. The summed E-state index contributed by atoms with van der Waals surface area (Å²) >= 11 is 1.49. The second kappa shape index (κ2) is 6.95. The molecule has 0 aliphatic heterocycles. The third-order valence-electron chi connectivity index (χ3n) is 2.25. The zero-order chi connectivity index (χ0) is 12.7. The molecule has 0 aliphatic rings. The number of amides is 1. The minimum Gasteiger partial charge on any atom is -0.480 e. The van der Waals surface area contributed by atoms with Crippen molar-refractivity contribution in [1.82, 2.24) is 14.9 Å². The number of carboxylic acids is 1. The lowest BCUT2D eigenvalue weighted by molar-refractivity contribution is -0.139. The predicted octanol–water partition coefficient (Wildman–Crippen LogP) is 0.124. The number of aryl methyl sites for hydroxylation is 2. The molecule has 0 radical (unpaired) electrons. The third kappa shape index (κ3) is 4.48. The van der Waals surface area contributed by atoms with Gasteiger partial charge in [0.1, 0.15) is 11.9 Å². The SMILES string of the molecule is Cc1nccn1CCSCC(NC=O)C(=O)O. The normalized spacial score (nSPS) is 12.1. The van der Waals surface area contributed by atoms with Gasteiger partial charge >= 0.3 is 5.97 Å². The van der Waals surface area contributed by atoms with E-state index in [9.17, 15) is 9.59 Å². The fraction of sp³-hybridized carbons (Fsp3) is 0.500. The fourth-order valence-corrected chi connectivity index (χ4v) is 2.24. The van der Waals surface area contributed by atoms with E-state index in [4.69, 9.17) is 5.11 Å². The van der Waals surface area contributed by atoms with Gasteiger partial charge < -0.3 is 15.0 Å². The summed E-state index contributed by atoms with van der Waals surface area (Å²) in [7, 11) is 0. The van der Waals surface area contributed by atoms with Crippen molar-refractivity contribution in [2.45, 2.75) is 19.5 Å². The van der Waals surface area contributed by atoms with Crippen LogP contribution in [-0.2, 0) is 16.1 Å². The lowest BCUT2D eigenvalue weighted by atomic mass is 10.3. The van der Waals surface area contributed by atoms with E-state index in [1.807, 2.05) is 17.7 Å². The molecule has 0 aliphatic carbocycles. The Morgan fingerprint density at radius 3 is 3.06 bits per heavy atom. The van der Waals surface area contributed by atoms with Crippen LogP contribution in [0.5, 0.6) is 0 Å². The molecule has 0 spiro atoms. The summed E-state index contributed by atoms with van der Waals surface area (Å²) in [5, 5.41) is 11.0. The number of imidazole rings is 1. The number of hydrogen-bond acceptors (Lipinski definition) is 4. The molecule has 17 heavy (non-hydrogen) atoms. The lowest BCUT2D eigenvalue weighted by Gasteiger charge is -2.10. The van der Waals surface area contributed by atoms with Crippen molar-refractivity contribution in [3.05, 3.63) is 18.2 Å². The molecule has 7 heteroatoms. The summed E-state index contributed by atoms with van der Waals surface area (Å²) in [5.74, 6) is 1.07. The maximum absolute atomic E-state index is 10.7. The van der Waals surface area contributed by atoms with Crippen molar-refractivity contribution in [3.63, 3.8) is 0 Å². The molecule has 1 aromatic heterocycles. The number of thioether (sulfide) groups is 1. The van der Waals surface area contributed by atoms with Gasteiger partial charge in [-0.3, -0.25) is 4.79 Å². The Balaban J connectivity index is 2.25. The monoisotopic (exact) mass is 257 g/mol. The summed E-state index contributed by atoms with van der Waals surface area (Å²) in [4.78, 5) is 25.0. The first-order chi connectivity index (χ1) is 8.15. The fourth-order valence-electron chi connectivity index (χ4n) is 1.28. The molecule has 0 saturated carbocycles. The van der Waals surface area contributed by atoms with E-state index in [0.717, 1.165) is 18.1 Å². The van der Waals surface area contributed by atoms with Crippen LogP contribution in [0.15, 0.2) is 12.4 Å². The first kappa shape index (κ1) is 13.6. The first-order valence-corrected chi connectivity index (χ1v) is 6.28. The minimum absolute atomic E-state index is 0.363. The highest BCUT2D eigenvalue weighted by atomic mass is 32.2. The van der Waals surface area contributed by atoms with Gasteiger partial charge in [-0.2, -0.15) is 11.8 Å². The zero-order valence-corrected chi connectivity index (χ0v) is 10.3. The van der Waals surface area contributed by atoms with E-state index >= 15 is 0 Å². The van der Waals surface area contributed by atoms with E-state index in [1.54, 1.807) is 6.20 Å². The molecule has 0 bridgehead atoms. The van der Waals surface area contributed by atoms with Crippen molar-refractivity contribution in [1.29, 1.82) is 0 Å². The van der Waals surface area contributed by atoms with E-state index in [1.165, 1.54) is 11.8 Å². The van der Waals surface area contributed by atoms with Gasteiger partial charge in [-0.25, -0.2) is 9.78 Å². The van der Waals surface area contributed by atoms with Gasteiger partial charge in [0.2, 0.25) is 6.41 Å². The third-order valence-corrected chi connectivity index (χ3v) is 3.29. The summed E-state index contributed by atoms with van der Waals surface area (Å²) in [6, 6.07) is -0.818. The topological polar surface area (TPSA) is 84.2 Å². The molecular formula is C10H15N3O3S. The summed E-state index contributed by atoms with van der Waals surface area (Å²) in [6.45, 7) is 2.70. The van der Waals surface area contributed by atoms with Crippen LogP contribution in [0.25, 0.3) is 0 Å². The average molecular weight is 257 g/mol. The quantitative estimate of drug-likeness (QED) is 0.510. The van der Waals surface area contributed by atoms with E-state index in [2.05, 4.69) is 10.3 Å². The van der Waals surface area contributed by atoms with Gasteiger partial charge in [0.15, 0.2) is 0 Å². The Morgan fingerprint density at radius 2 is 2.53 bits per heavy atom. The highest BCUT2D eigenvalue weighted by molar-refractivity contribution is 7.99. The summed E-state index contributed by atoms with van der Waals surface area (Å²) < 4.78 is 2.00. The van der Waals surface area contributed by atoms with Gasteiger partial charge in [-0.05, 0) is 6.92 Å². The maximum Gasteiger partial charge on any atom is 0.327 e. The number of aliphatic carboxylic acids is 1. The van der Waals surface area contributed by atoms with Crippen LogP contribution in [0.1, 0.15) is 5.82 Å². The van der Waals surface area contributed by atoms with Crippen molar-refractivity contribution in [3.8, 4) is 0 Å². The molecule has 1 atom stereocenters. The molecule has 6 nitrogen and oxygen atoms in total. The van der Waals surface area contributed by atoms with Crippen LogP contribution in [0.3, 0.4) is 0 Å². The first-order valence-electron chi connectivity index (χ1n) is 5.13. The largest absolute Gasteiger partial charge is 0.480 e. The number of carbonyl (C=O) groups excluding carboxylic acids is 1. The molecule has 0 fully saturated rings. The van der Waals surface area contributed by atoms with Crippen LogP contribution in [0.2, 0.25) is 0 Å². The Hall–Kier alpha value is -1.50. The van der Waals surface area contributed by atoms with Crippen molar-refractivity contribution >= 4 is 24.1 Å². The predicted molar refractivity (Wildman–Crippen MR) is 64.9 cm³/mol. The number of nitrogens with one attached hydrogen (secondary N) is 1. The molecule has 1 rings (SSSR count). The Labute approximate surface area is 103 Å². The molecule has 1 aromatic rings. The van der Waals surface area contributed by atoms with Crippen molar-refractivity contribution in [2.75, 3.05) is 11.5 Å². The van der Waals surface area contributed by atoms with Gasteiger partial charge in [0.05, 0.1) is 0 Å². The summed E-state index contributed by atoms with van der Waals surface area (Å²) in [5.41, 5.74) is 0. The van der Waals surface area contributed by atoms with E-state index in [0.29, 0.717) is 12.2 Å². The van der Waals surface area contributed by atoms with E-state index in [-0.39, 0.29) is 0 Å². The van der Waals surface area contributed by atoms with Crippen LogP contribution in [0.4, 0.5) is 0 Å². The molecule has 0 aromatic carbocycles. The van der Waals surface area contributed by atoms with Gasteiger partial charge in [0, 0.05) is 30.4 Å². The highest BCUT2D eigenvalue weighted by Crippen LogP contribution is 2.05. The molecule has 1 unspecified atom stereocenters. The van der Waals surface area contributed by atoms with Crippen LogP contribution in [-0.4, -0.2) is 44.6 Å². The number of carboxylic acid groups (broad SMARTS) is 1. The Kier molecular flexibility index (Phi) is 5.55.